The molecule has 1 aliphatic carbocycles. The van der Waals surface area contributed by atoms with Gasteiger partial charge in [-0.3, -0.25) is 4.79 Å². The quantitative estimate of drug-likeness (QED) is 0.877. The zero-order chi connectivity index (χ0) is 14.9. The van der Waals surface area contributed by atoms with E-state index in [1.165, 1.54) is 14.7 Å². The molecule has 2 amide bonds. The number of aliphatic carboxylic acids is 1. The summed E-state index contributed by atoms with van der Waals surface area (Å²) in [5, 5.41) is 11.8. The summed E-state index contributed by atoms with van der Waals surface area (Å²) in [7, 11) is 0. The fourth-order valence-corrected chi connectivity index (χ4v) is 3.35. The third kappa shape index (κ3) is 3.50. The van der Waals surface area contributed by atoms with Crippen LogP contribution in [0.3, 0.4) is 0 Å². The van der Waals surface area contributed by atoms with Crippen LogP contribution >= 0.6 is 11.3 Å². The first-order valence-electron chi connectivity index (χ1n) is 6.74. The Morgan fingerprint density at radius 3 is 2.60 bits per heavy atom. The van der Waals surface area contributed by atoms with E-state index >= 15 is 0 Å². The molecule has 1 aromatic heterocycles. The van der Waals surface area contributed by atoms with E-state index in [0.29, 0.717) is 0 Å². The zero-order valence-electron chi connectivity index (χ0n) is 12.0. The maximum absolute atomic E-state index is 12.2. The highest BCUT2D eigenvalue weighted by Gasteiger charge is 2.34. The van der Waals surface area contributed by atoms with Gasteiger partial charge in [0, 0.05) is 15.8 Å². The van der Waals surface area contributed by atoms with E-state index in [9.17, 15) is 9.59 Å². The van der Waals surface area contributed by atoms with Gasteiger partial charge in [-0.1, -0.05) is 0 Å². The second-order valence-electron chi connectivity index (χ2n) is 5.29. The molecule has 0 saturated heterocycles. The highest BCUT2D eigenvalue weighted by Crippen LogP contribution is 2.29. The molecule has 1 saturated carbocycles. The zero-order valence-corrected chi connectivity index (χ0v) is 12.8. The summed E-state index contributed by atoms with van der Waals surface area (Å²) in [5.41, 5.74) is 1.10. The van der Waals surface area contributed by atoms with E-state index < -0.39 is 5.97 Å². The molecule has 0 bridgehead atoms. The lowest BCUT2D eigenvalue weighted by atomic mass is 10.1. The molecule has 0 radical (unpaired) electrons. The molecule has 1 aromatic rings. The molecule has 1 fully saturated rings. The van der Waals surface area contributed by atoms with Crippen molar-refractivity contribution in [3.8, 4) is 0 Å². The smallest absolute Gasteiger partial charge is 0.323 e. The lowest BCUT2D eigenvalue weighted by molar-refractivity contribution is -0.137. The van der Waals surface area contributed by atoms with Crippen molar-refractivity contribution in [1.82, 2.24) is 10.2 Å². The average molecular weight is 296 g/mol. The van der Waals surface area contributed by atoms with E-state index in [2.05, 4.69) is 11.4 Å². The molecule has 0 aliphatic heterocycles. The summed E-state index contributed by atoms with van der Waals surface area (Å²) in [4.78, 5) is 26.9. The Hall–Kier alpha value is -1.56. The van der Waals surface area contributed by atoms with Crippen LogP contribution in [0.2, 0.25) is 0 Å². The first-order chi connectivity index (χ1) is 9.38. The van der Waals surface area contributed by atoms with E-state index in [0.717, 1.165) is 18.4 Å². The van der Waals surface area contributed by atoms with Gasteiger partial charge in [0.2, 0.25) is 0 Å². The maximum atomic E-state index is 12.2. The Bertz CT molecular complexity index is 522. The van der Waals surface area contributed by atoms with Crippen LogP contribution in [0, 0.1) is 13.8 Å². The van der Waals surface area contributed by atoms with E-state index in [-0.39, 0.29) is 24.7 Å². The van der Waals surface area contributed by atoms with Crippen LogP contribution in [0.5, 0.6) is 0 Å². The van der Waals surface area contributed by atoms with Crippen molar-refractivity contribution >= 4 is 23.3 Å². The van der Waals surface area contributed by atoms with Crippen molar-refractivity contribution in [3.05, 3.63) is 21.4 Å². The second kappa shape index (κ2) is 5.83. The summed E-state index contributed by atoms with van der Waals surface area (Å²) in [5.74, 6) is -0.970. The largest absolute Gasteiger partial charge is 0.480 e. The number of thiophene rings is 1. The van der Waals surface area contributed by atoms with Crippen molar-refractivity contribution in [2.75, 3.05) is 6.54 Å². The third-order valence-electron chi connectivity index (χ3n) is 3.44. The van der Waals surface area contributed by atoms with Crippen LogP contribution < -0.4 is 5.32 Å². The van der Waals surface area contributed by atoms with Crippen LogP contribution in [0.4, 0.5) is 4.79 Å². The van der Waals surface area contributed by atoms with E-state index in [4.69, 9.17) is 5.11 Å². The van der Waals surface area contributed by atoms with Gasteiger partial charge in [0.05, 0.1) is 6.04 Å². The molecule has 2 N–H and O–H groups in total. The predicted molar refractivity (Wildman–Crippen MR) is 78.1 cm³/mol. The molecule has 1 unspecified atom stereocenters. The van der Waals surface area contributed by atoms with Gasteiger partial charge in [-0.05, 0) is 45.2 Å². The molecular formula is C14H20N2O3S. The number of urea groups is 1. The summed E-state index contributed by atoms with van der Waals surface area (Å²) in [6, 6.07) is 1.76. The van der Waals surface area contributed by atoms with Crippen molar-refractivity contribution in [2.45, 2.75) is 45.7 Å². The molecule has 1 atom stereocenters. The Balaban J connectivity index is 2.02. The monoisotopic (exact) mass is 296 g/mol. The van der Waals surface area contributed by atoms with Gasteiger partial charge in [-0.25, -0.2) is 4.79 Å². The number of nitrogens with zero attached hydrogens (tertiary/aromatic N) is 1. The van der Waals surface area contributed by atoms with Gasteiger partial charge in [-0.2, -0.15) is 0 Å². The predicted octanol–water partition coefficient (Wildman–Crippen LogP) is 2.68. The van der Waals surface area contributed by atoms with E-state index in [1.807, 2.05) is 20.8 Å². The van der Waals surface area contributed by atoms with Crippen LogP contribution in [0.25, 0.3) is 0 Å². The summed E-state index contributed by atoms with van der Waals surface area (Å²) >= 11 is 1.70. The topological polar surface area (TPSA) is 69.6 Å². The van der Waals surface area contributed by atoms with Gasteiger partial charge in [0.1, 0.15) is 6.54 Å². The number of carbonyl (C=O) groups excluding carboxylic acids is 1. The van der Waals surface area contributed by atoms with Crippen LogP contribution in [-0.2, 0) is 4.79 Å². The number of aryl methyl sites for hydroxylation is 2. The minimum Gasteiger partial charge on any atom is -0.480 e. The van der Waals surface area contributed by atoms with Crippen LogP contribution in [0.15, 0.2) is 6.07 Å². The highest BCUT2D eigenvalue weighted by atomic mass is 32.1. The molecule has 0 spiro atoms. The van der Waals surface area contributed by atoms with Gasteiger partial charge in [0.25, 0.3) is 0 Å². The maximum Gasteiger partial charge on any atom is 0.323 e. The Kier molecular flexibility index (Phi) is 4.32. The van der Waals surface area contributed by atoms with Gasteiger partial charge < -0.3 is 15.3 Å². The van der Waals surface area contributed by atoms with Gasteiger partial charge >= 0.3 is 12.0 Å². The Labute approximate surface area is 122 Å². The molecule has 20 heavy (non-hydrogen) atoms. The van der Waals surface area contributed by atoms with Crippen molar-refractivity contribution in [1.29, 1.82) is 0 Å². The molecule has 6 heteroatoms. The fraction of sp³-hybridized carbons (Fsp3) is 0.571. The summed E-state index contributed by atoms with van der Waals surface area (Å²) in [6.07, 6.45) is 1.79. The number of nitrogens with one attached hydrogen (secondary N) is 1. The molecule has 1 aliphatic rings. The summed E-state index contributed by atoms with van der Waals surface area (Å²) in [6.45, 7) is 5.77. The number of hydrogen-bond donors (Lipinski definition) is 2. The minimum atomic E-state index is -0.970. The molecule has 0 aromatic carbocycles. The highest BCUT2D eigenvalue weighted by molar-refractivity contribution is 7.12. The molecule has 2 rings (SSSR count). The minimum absolute atomic E-state index is 0.0867. The van der Waals surface area contributed by atoms with E-state index in [1.54, 1.807) is 11.3 Å². The molecule has 5 nitrogen and oxygen atoms in total. The first kappa shape index (κ1) is 14.8. The van der Waals surface area contributed by atoms with Crippen LogP contribution in [0.1, 0.15) is 41.1 Å². The molecular weight excluding hydrogens is 276 g/mol. The number of carboxylic acid groups (broad SMARTS) is 1. The average Bonchev–Trinajstić information content (AvgIpc) is 3.11. The van der Waals surface area contributed by atoms with Crippen molar-refractivity contribution in [3.63, 3.8) is 0 Å². The lowest BCUT2D eigenvalue weighted by Crippen LogP contribution is -2.44. The normalized spacial score (nSPS) is 15.8. The number of hydrogen-bond acceptors (Lipinski definition) is 3. The van der Waals surface area contributed by atoms with Crippen molar-refractivity contribution in [2.24, 2.45) is 0 Å². The number of amides is 2. The second-order valence-corrected chi connectivity index (χ2v) is 6.75. The SMILES string of the molecule is Cc1cc(C(C)NC(=O)N(CC(=O)O)C2CC2)c(C)s1. The number of carbonyl (C=O) groups is 2. The number of carboxylic acids is 1. The van der Waals surface area contributed by atoms with Crippen molar-refractivity contribution < 1.29 is 14.7 Å². The Morgan fingerprint density at radius 2 is 2.15 bits per heavy atom. The fourth-order valence-electron chi connectivity index (χ4n) is 2.32. The van der Waals surface area contributed by atoms with Crippen LogP contribution in [-0.4, -0.2) is 34.6 Å². The lowest BCUT2D eigenvalue weighted by Gasteiger charge is -2.23. The first-order valence-corrected chi connectivity index (χ1v) is 7.56. The molecule has 1 heterocycles. The summed E-state index contributed by atoms with van der Waals surface area (Å²) < 4.78 is 0. The standard InChI is InChI=1S/C14H20N2O3S/c1-8-6-12(10(3)20-8)9(2)15-14(19)16(7-13(17)18)11-4-5-11/h6,9,11H,4-5,7H2,1-3H3,(H,15,19)(H,17,18). The third-order valence-corrected chi connectivity index (χ3v) is 4.42. The van der Waals surface area contributed by atoms with Gasteiger partial charge in [0.15, 0.2) is 0 Å². The van der Waals surface area contributed by atoms with Gasteiger partial charge in [-0.15, -0.1) is 11.3 Å². The number of rotatable bonds is 5. The Morgan fingerprint density at radius 1 is 1.50 bits per heavy atom. The molecule has 110 valence electrons.